The number of anilines is 2. The van der Waals surface area contributed by atoms with E-state index in [0.717, 1.165) is 23.7 Å². The van der Waals surface area contributed by atoms with Crippen LogP contribution in [0.3, 0.4) is 0 Å². The highest BCUT2D eigenvalue weighted by Crippen LogP contribution is 2.26. The first-order valence-electron chi connectivity index (χ1n) is 11.9. The molecule has 0 saturated heterocycles. The Bertz CT molecular complexity index is 1480. The first-order valence-corrected chi connectivity index (χ1v) is 13.0. The number of rotatable bonds is 7. The molecule has 190 valence electrons. The average Bonchev–Trinajstić information content (AvgIpc) is 3.23. The Kier molecular flexibility index (Phi) is 8.31. The molecule has 4 aromatic rings. The summed E-state index contributed by atoms with van der Waals surface area (Å²) in [5.74, 6) is -2.23. The number of aromatic nitrogens is 1. The predicted molar refractivity (Wildman–Crippen MR) is 152 cm³/mol. The summed E-state index contributed by atoms with van der Waals surface area (Å²) in [6, 6.07) is 19.6. The third-order valence-electron chi connectivity index (χ3n) is 5.96. The minimum Gasteiger partial charge on any atom is -0.320 e. The van der Waals surface area contributed by atoms with E-state index in [0.29, 0.717) is 32.9 Å². The first kappa shape index (κ1) is 26.4. The van der Waals surface area contributed by atoms with E-state index >= 15 is 0 Å². The normalized spacial score (nSPS) is 10.8. The second-order valence-corrected chi connectivity index (χ2v) is 9.95. The van der Waals surface area contributed by atoms with Crippen molar-refractivity contribution in [2.45, 2.75) is 33.1 Å². The lowest BCUT2D eigenvalue weighted by Gasteiger charge is -2.14. The summed E-state index contributed by atoms with van der Waals surface area (Å²) in [6.45, 7) is 3.93. The lowest BCUT2D eigenvalue weighted by molar-refractivity contribution is -0.133. The minimum absolute atomic E-state index is 0.147. The van der Waals surface area contributed by atoms with Gasteiger partial charge in [-0.05, 0) is 79.4 Å². The van der Waals surface area contributed by atoms with Crippen molar-refractivity contribution in [1.29, 1.82) is 0 Å². The number of fused-ring (bicyclic) bond motifs is 1. The number of aryl methyl sites for hydroxylation is 1. The van der Waals surface area contributed by atoms with E-state index in [1.807, 2.05) is 18.2 Å². The smallest absolute Gasteiger partial charge is 0.320 e. The van der Waals surface area contributed by atoms with Gasteiger partial charge in [0.15, 0.2) is 0 Å². The summed E-state index contributed by atoms with van der Waals surface area (Å²) in [5.41, 5.74) is 6.20. The van der Waals surface area contributed by atoms with Gasteiger partial charge >= 0.3 is 11.8 Å². The van der Waals surface area contributed by atoms with Gasteiger partial charge in [-0.1, -0.05) is 59.1 Å². The Labute approximate surface area is 228 Å². The van der Waals surface area contributed by atoms with Crippen molar-refractivity contribution < 1.29 is 14.4 Å². The standard InChI is InChI=1S/C28H26BrClN4O3/c1-3-4-6-18-9-12-21(13-10-18)31-27(36)28(37)33-34-24-14-11-20(29)15-19(24)16-25(34)26(35)32-23-8-5-7-22(30)17(23)2/h5,7-16H,3-4,6H2,1-2H3,(H,31,36)(H,32,35)(H,33,37). The maximum atomic E-state index is 13.3. The molecule has 9 heteroatoms. The molecule has 1 aromatic heterocycles. The Hall–Kier alpha value is -3.62. The summed E-state index contributed by atoms with van der Waals surface area (Å²) in [7, 11) is 0. The molecule has 0 saturated carbocycles. The zero-order chi connectivity index (χ0) is 26.5. The largest absolute Gasteiger partial charge is 0.328 e. The van der Waals surface area contributed by atoms with E-state index in [2.05, 4.69) is 38.9 Å². The SMILES string of the molecule is CCCCc1ccc(NC(=O)C(=O)Nn2c(C(=O)Nc3cccc(Cl)c3C)cc3cc(Br)ccc32)cc1. The fourth-order valence-electron chi connectivity index (χ4n) is 3.88. The van der Waals surface area contributed by atoms with Crippen LogP contribution in [0.5, 0.6) is 0 Å². The summed E-state index contributed by atoms with van der Waals surface area (Å²) in [4.78, 5) is 38.8. The molecule has 0 bridgehead atoms. The lowest BCUT2D eigenvalue weighted by atomic mass is 10.1. The van der Waals surface area contributed by atoms with Crippen LogP contribution in [-0.2, 0) is 16.0 Å². The molecular weight excluding hydrogens is 556 g/mol. The topological polar surface area (TPSA) is 92.2 Å². The fourth-order valence-corrected chi connectivity index (χ4v) is 4.43. The molecule has 0 radical (unpaired) electrons. The molecule has 0 spiro atoms. The molecule has 3 aromatic carbocycles. The number of unbranched alkanes of at least 4 members (excludes halogenated alkanes) is 1. The Balaban J connectivity index is 1.56. The fraction of sp³-hybridized carbons (Fsp3) is 0.179. The number of hydrogen-bond donors (Lipinski definition) is 3. The molecule has 3 N–H and O–H groups in total. The number of carbonyl (C=O) groups is 3. The Morgan fingerprint density at radius 1 is 0.946 bits per heavy atom. The van der Waals surface area contributed by atoms with Gasteiger partial charge in [-0.15, -0.1) is 0 Å². The van der Waals surface area contributed by atoms with Gasteiger partial charge in [-0.2, -0.15) is 0 Å². The summed E-state index contributed by atoms with van der Waals surface area (Å²) >= 11 is 9.62. The van der Waals surface area contributed by atoms with Gasteiger partial charge in [0.05, 0.1) is 5.52 Å². The molecule has 0 unspecified atom stereocenters. The van der Waals surface area contributed by atoms with Crippen LogP contribution in [0.15, 0.2) is 71.2 Å². The quantitative estimate of drug-likeness (QED) is 0.213. The molecule has 0 aliphatic rings. The summed E-state index contributed by atoms with van der Waals surface area (Å²) in [6.07, 6.45) is 3.15. The highest BCUT2D eigenvalue weighted by atomic mass is 79.9. The second-order valence-electron chi connectivity index (χ2n) is 8.63. The zero-order valence-electron chi connectivity index (χ0n) is 20.4. The van der Waals surface area contributed by atoms with E-state index < -0.39 is 17.7 Å². The van der Waals surface area contributed by atoms with Gasteiger partial charge in [-0.25, -0.2) is 4.68 Å². The number of nitrogens with zero attached hydrogens (tertiary/aromatic N) is 1. The number of benzene rings is 3. The van der Waals surface area contributed by atoms with Crippen LogP contribution in [0.25, 0.3) is 10.9 Å². The predicted octanol–water partition coefficient (Wildman–Crippen LogP) is 6.67. The van der Waals surface area contributed by atoms with Gasteiger partial charge in [0.1, 0.15) is 5.69 Å². The van der Waals surface area contributed by atoms with Gasteiger partial charge < -0.3 is 10.6 Å². The molecule has 4 rings (SSSR count). The zero-order valence-corrected chi connectivity index (χ0v) is 22.7. The third-order valence-corrected chi connectivity index (χ3v) is 6.87. The number of halogens is 2. The van der Waals surface area contributed by atoms with Crippen molar-refractivity contribution in [3.63, 3.8) is 0 Å². The molecule has 0 atom stereocenters. The Morgan fingerprint density at radius 3 is 2.43 bits per heavy atom. The number of hydrogen-bond acceptors (Lipinski definition) is 3. The van der Waals surface area contributed by atoms with E-state index in [4.69, 9.17) is 11.6 Å². The van der Waals surface area contributed by atoms with Gasteiger partial charge in [0.2, 0.25) is 0 Å². The Morgan fingerprint density at radius 2 is 1.70 bits per heavy atom. The summed E-state index contributed by atoms with van der Waals surface area (Å²) < 4.78 is 2.12. The third kappa shape index (κ3) is 6.21. The lowest BCUT2D eigenvalue weighted by Crippen LogP contribution is -2.36. The van der Waals surface area contributed by atoms with E-state index in [-0.39, 0.29) is 5.69 Å². The van der Waals surface area contributed by atoms with Gasteiger partial charge in [-0.3, -0.25) is 19.8 Å². The van der Waals surface area contributed by atoms with Crippen LogP contribution in [0.4, 0.5) is 11.4 Å². The molecule has 7 nitrogen and oxygen atoms in total. The van der Waals surface area contributed by atoms with E-state index in [9.17, 15) is 14.4 Å². The van der Waals surface area contributed by atoms with Crippen LogP contribution in [-0.4, -0.2) is 22.4 Å². The maximum Gasteiger partial charge on any atom is 0.328 e. The highest BCUT2D eigenvalue weighted by molar-refractivity contribution is 9.10. The minimum atomic E-state index is -0.913. The van der Waals surface area contributed by atoms with Crippen molar-refractivity contribution in [2.75, 3.05) is 16.1 Å². The monoisotopic (exact) mass is 580 g/mol. The molecule has 0 aliphatic carbocycles. The second kappa shape index (κ2) is 11.6. The van der Waals surface area contributed by atoms with Crippen LogP contribution in [0.1, 0.15) is 41.4 Å². The van der Waals surface area contributed by atoms with Crippen molar-refractivity contribution in [3.8, 4) is 0 Å². The van der Waals surface area contributed by atoms with Crippen molar-refractivity contribution >= 4 is 67.5 Å². The number of carbonyl (C=O) groups excluding carboxylic acids is 3. The number of amides is 3. The van der Waals surface area contributed by atoms with Crippen LogP contribution >= 0.6 is 27.5 Å². The molecule has 1 heterocycles. The van der Waals surface area contributed by atoms with Gasteiger partial charge in [0.25, 0.3) is 5.91 Å². The molecule has 3 amide bonds. The molecule has 0 fully saturated rings. The van der Waals surface area contributed by atoms with Gasteiger partial charge in [0, 0.05) is 26.3 Å². The number of nitrogens with one attached hydrogen (secondary N) is 3. The van der Waals surface area contributed by atoms with Crippen LogP contribution in [0, 0.1) is 6.92 Å². The maximum absolute atomic E-state index is 13.3. The van der Waals surface area contributed by atoms with E-state index in [1.54, 1.807) is 55.5 Å². The van der Waals surface area contributed by atoms with Crippen molar-refractivity contribution in [2.24, 2.45) is 0 Å². The highest BCUT2D eigenvalue weighted by Gasteiger charge is 2.22. The van der Waals surface area contributed by atoms with Crippen molar-refractivity contribution in [3.05, 3.63) is 93.0 Å². The van der Waals surface area contributed by atoms with Crippen LogP contribution in [0.2, 0.25) is 5.02 Å². The molecule has 37 heavy (non-hydrogen) atoms. The summed E-state index contributed by atoms with van der Waals surface area (Å²) in [5, 5.41) is 6.67. The molecule has 0 aliphatic heterocycles. The van der Waals surface area contributed by atoms with Crippen molar-refractivity contribution in [1.82, 2.24) is 4.68 Å². The van der Waals surface area contributed by atoms with Crippen LogP contribution < -0.4 is 16.1 Å². The van der Waals surface area contributed by atoms with E-state index in [1.165, 1.54) is 10.2 Å². The average molecular weight is 582 g/mol. The molecular formula is C28H26BrClN4O3. The first-order chi connectivity index (χ1) is 17.8.